The minimum absolute atomic E-state index is 0.160. The van der Waals surface area contributed by atoms with Gasteiger partial charge in [0.1, 0.15) is 5.82 Å². The fraction of sp³-hybridized carbons (Fsp3) is 0.455. The summed E-state index contributed by atoms with van der Waals surface area (Å²) in [7, 11) is -2.07. The Bertz CT molecular complexity index is 458. The van der Waals surface area contributed by atoms with Crippen LogP contribution in [-0.4, -0.2) is 36.7 Å². The lowest BCUT2D eigenvalue weighted by Gasteiger charge is -2.20. The van der Waals surface area contributed by atoms with Crippen LogP contribution in [0.25, 0.3) is 0 Å². The summed E-state index contributed by atoms with van der Waals surface area (Å²) in [6.07, 6.45) is 0. The van der Waals surface area contributed by atoms with Crippen LogP contribution >= 0.6 is 0 Å². The highest BCUT2D eigenvalue weighted by atomic mass is 32.2. The first-order valence-corrected chi connectivity index (χ1v) is 6.68. The predicted octanol–water partition coefficient (Wildman–Crippen LogP) is 0.968. The smallest absolute Gasteiger partial charge is 0.219 e. The Labute approximate surface area is 101 Å². The van der Waals surface area contributed by atoms with Crippen molar-refractivity contribution in [1.82, 2.24) is 4.31 Å². The highest BCUT2D eigenvalue weighted by molar-refractivity contribution is 7.89. The lowest BCUT2D eigenvalue weighted by atomic mass is 10.2. The molecule has 1 rings (SSSR count). The molecule has 0 radical (unpaired) electrons. The van der Waals surface area contributed by atoms with Crippen molar-refractivity contribution in [2.45, 2.75) is 18.7 Å². The molecule has 1 aromatic carbocycles. The molecule has 1 aromatic rings. The number of rotatable bonds is 5. The quantitative estimate of drug-likeness (QED) is 0.859. The normalized spacial score (nSPS) is 13.9. The zero-order valence-corrected chi connectivity index (χ0v) is 10.6. The standard InChI is InChI=1S/C11H16FNO3S/c1-9(8-14)17(15,16)13(2)7-10-3-5-11(12)6-4-10/h3-6,9,14H,7-8H2,1-2H3. The lowest BCUT2D eigenvalue weighted by molar-refractivity contribution is 0.290. The first-order valence-electron chi connectivity index (χ1n) is 5.18. The topological polar surface area (TPSA) is 57.6 Å². The minimum Gasteiger partial charge on any atom is -0.395 e. The number of hydrogen-bond donors (Lipinski definition) is 1. The van der Waals surface area contributed by atoms with E-state index in [1.165, 1.54) is 38.2 Å². The number of aliphatic hydroxyl groups is 1. The van der Waals surface area contributed by atoms with Crippen LogP contribution in [0.1, 0.15) is 12.5 Å². The molecule has 0 heterocycles. The molecule has 96 valence electrons. The summed E-state index contributed by atoms with van der Waals surface area (Å²) >= 11 is 0. The van der Waals surface area contributed by atoms with E-state index in [0.717, 1.165) is 4.31 Å². The van der Waals surface area contributed by atoms with Gasteiger partial charge in [-0.3, -0.25) is 0 Å². The number of halogens is 1. The van der Waals surface area contributed by atoms with Crippen molar-refractivity contribution < 1.29 is 17.9 Å². The molecule has 0 fully saturated rings. The van der Waals surface area contributed by atoms with Gasteiger partial charge in [-0.15, -0.1) is 0 Å². The summed E-state index contributed by atoms with van der Waals surface area (Å²) in [4.78, 5) is 0. The van der Waals surface area contributed by atoms with Gasteiger partial charge in [0.05, 0.1) is 11.9 Å². The molecular formula is C11H16FNO3S. The molecule has 0 amide bonds. The van der Waals surface area contributed by atoms with Crippen molar-refractivity contribution in [2.75, 3.05) is 13.7 Å². The highest BCUT2D eigenvalue weighted by Gasteiger charge is 2.25. The monoisotopic (exact) mass is 261 g/mol. The zero-order chi connectivity index (χ0) is 13.1. The molecule has 17 heavy (non-hydrogen) atoms. The van der Waals surface area contributed by atoms with Crippen LogP contribution in [0.15, 0.2) is 24.3 Å². The number of aliphatic hydroxyl groups excluding tert-OH is 1. The molecular weight excluding hydrogens is 245 g/mol. The first-order chi connectivity index (χ1) is 7.87. The Morgan fingerprint density at radius 1 is 1.35 bits per heavy atom. The van der Waals surface area contributed by atoms with E-state index in [4.69, 9.17) is 5.11 Å². The zero-order valence-electron chi connectivity index (χ0n) is 9.80. The van der Waals surface area contributed by atoms with E-state index < -0.39 is 21.9 Å². The fourth-order valence-corrected chi connectivity index (χ4v) is 2.47. The van der Waals surface area contributed by atoms with E-state index in [9.17, 15) is 12.8 Å². The van der Waals surface area contributed by atoms with E-state index in [1.807, 2.05) is 0 Å². The molecule has 0 bridgehead atoms. The number of nitrogens with zero attached hydrogens (tertiary/aromatic N) is 1. The van der Waals surface area contributed by atoms with Crippen LogP contribution in [-0.2, 0) is 16.6 Å². The molecule has 0 aliphatic carbocycles. The van der Waals surface area contributed by atoms with Gasteiger partial charge in [0.25, 0.3) is 0 Å². The van der Waals surface area contributed by atoms with Crippen molar-refractivity contribution in [1.29, 1.82) is 0 Å². The van der Waals surface area contributed by atoms with Crippen LogP contribution in [0.3, 0.4) is 0 Å². The summed E-state index contributed by atoms with van der Waals surface area (Å²) in [5.74, 6) is -0.358. The van der Waals surface area contributed by atoms with E-state index in [1.54, 1.807) is 0 Å². The highest BCUT2D eigenvalue weighted by Crippen LogP contribution is 2.12. The van der Waals surface area contributed by atoms with Gasteiger partial charge in [-0.2, -0.15) is 0 Å². The summed E-state index contributed by atoms with van der Waals surface area (Å²) in [5, 5.41) is 8.03. The average Bonchev–Trinajstić information content (AvgIpc) is 2.30. The van der Waals surface area contributed by atoms with E-state index in [2.05, 4.69) is 0 Å². The van der Waals surface area contributed by atoms with Gasteiger partial charge in [-0.25, -0.2) is 17.1 Å². The summed E-state index contributed by atoms with van der Waals surface area (Å²) < 4.78 is 37.5. The van der Waals surface area contributed by atoms with Crippen molar-refractivity contribution in [3.05, 3.63) is 35.6 Å². The fourth-order valence-electron chi connectivity index (χ4n) is 1.34. The predicted molar refractivity (Wildman–Crippen MR) is 63.3 cm³/mol. The maximum absolute atomic E-state index is 12.7. The first kappa shape index (κ1) is 14.1. The molecule has 0 saturated heterocycles. The largest absolute Gasteiger partial charge is 0.395 e. The lowest BCUT2D eigenvalue weighted by Crippen LogP contribution is -2.36. The van der Waals surface area contributed by atoms with Crippen LogP contribution in [0.4, 0.5) is 4.39 Å². The second-order valence-electron chi connectivity index (χ2n) is 3.92. The Morgan fingerprint density at radius 2 is 1.88 bits per heavy atom. The third kappa shape index (κ3) is 3.49. The number of sulfonamides is 1. The third-order valence-electron chi connectivity index (χ3n) is 2.52. The van der Waals surface area contributed by atoms with Crippen molar-refractivity contribution in [3.63, 3.8) is 0 Å². The van der Waals surface area contributed by atoms with Gasteiger partial charge in [0, 0.05) is 13.6 Å². The molecule has 6 heteroatoms. The summed E-state index contributed by atoms with van der Waals surface area (Å²) in [6.45, 7) is 1.18. The number of hydrogen-bond acceptors (Lipinski definition) is 3. The molecule has 1 atom stereocenters. The summed E-state index contributed by atoms with van der Waals surface area (Å²) in [5.41, 5.74) is 0.697. The van der Waals surface area contributed by atoms with Crippen molar-refractivity contribution >= 4 is 10.0 Å². The Hall–Kier alpha value is -0.980. The molecule has 0 aliphatic heterocycles. The number of benzene rings is 1. The minimum atomic E-state index is -3.51. The second kappa shape index (κ2) is 5.57. The van der Waals surface area contributed by atoms with E-state index >= 15 is 0 Å². The summed E-state index contributed by atoms with van der Waals surface area (Å²) in [6, 6.07) is 5.63. The van der Waals surface area contributed by atoms with E-state index in [-0.39, 0.29) is 12.4 Å². The van der Waals surface area contributed by atoms with Crippen molar-refractivity contribution in [2.24, 2.45) is 0 Å². The van der Waals surface area contributed by atoms with Gasteiger partial charge >= 0.3 is 0 Å². The van der Waals surface area contributed by atoms with Crippen LogP contribution in [0.2, 0.25) is 0 Å². The second-order valence-corrected chi connectivity index (χ2v) is 6.38. The maximum atomic E-state index is 12.7. The third-order valence-corrected chi connectivity index (χ3v) is 4.68. The van der Waals surface area contributed by atoms with Gasteiger partial charge in [0.15, 0.2) is 0 Å². The molecule has 0 saturated carbocycles. The van der Waals surface area contributed by atoms with Crippen LogP contribution < -0.4 is 0 Å². The van der Waals surface area contributed by atoms with Gasteiger partial charge in [0.2, 0.25) is 10.0 Å². The molecule has 0 spiro atoms. The Kier molecular flexibility index (Phi) is 4.62. The van der Waals surface area contributed by atoms with Gasteiger partial charge in [-0.05, 0) is 24.6 Å². The average molecular weight is 261 g/mol. The molecule has 1 unspecified atom stereocenters. The molecule has 0 aromatic heterocycles. The van der Waals surface area contributed by atoms with Crippen molar-refractivity contribution in [3.8, 4) is 0 Å². The Morgan fingerprint density at radius 3 is 2.35 bits per heavy atom. The molecule has 1 N–H and O–H groups in total. The molecule has 4 nitrogen and oxygen atoms in total. The SMILES string of the molecule is CC(CO)S(=O)(=O)N(C)Cc1ccc(F)cc1. The van der Waals surface area contributed by atoms with E-state index in [0.29, 0.717) is 5.56 Å². The molecule has 0 aliphatic rings. The maximum Gasteiger partial charge on any atom is 0.219 e. The van der Waals surface area contributed by atoms with Crippen LogP contribution in [0, 0.1) is 5.82 Å². The Balaban J connectivity index is 2.79. The van der Waals surface area contributed by atoms with Gasteiger partial charge < -0.3 is 5.11 Å². The van der Waals surface area contributed by atoms with Gasteiger partial charge in [-0.1, -0.05) is 12.1 Å². The van der Waals surface area contributed by atoms with Crippen LogP contribution in [0.5, 0.6) is 0 Å².